The average molecular weight is 267 g/mol. The van der Waals surface area contributed by atoms with Crippen LogP contribution in [0.4, 0.5) is 0 Å². The van der Waals surface area contributed by atoms with Crippen molar-refractivity contribution >= 4 is 22.9 Å². The molecule has 0 fully saturated rings. The van der Waals surface area contributed by atoms with Crippen LogP contribution in [0.25, 0.3) is 0 Å². The molecule has 17 heavy (non-hydrogen) atoms. The summed E-state index contributed by atoms with van der Waals surface area (Å²) in [6.45, 7) is 5.06. The minimum Gasteiger partial charge on any atom is -0.306 e. The minimum atomic E-state index is 0.186. The standard InChI is InChI=1S/C13H15ClN2S/c1-3-15-12(13-9(2)16-8-17-13)10-5-4-6-11(14)7-10/h4-8,12,15H,3H2,1-2H3. The van der Waals surface area contributed by atoms with Crippen LogP contribution in [0.2, 0.25) is 5.02 Å². The Morgan fingerprint density at radius 2 is 2.29 bits per heavy atom. The summed E-state index contributed by atoms with van der Waals surface area (Å²) in [4.78, 5) is 5.57. The van der Waals surface area contributed by atoms with E-state index in [1.807, 2.05) is 30.6 Å². The van der Waals surface area contributed by atoms with E-state index in [1.165, 1.54) is 10.4 Å². The summed E-state index contributed by atoms with van der Waals surface area (Å²) in [6, 6.07) is 8.17. The van der Waals surface area contributed by atoms with Crippen LogP contribution in [-0.4, -0.2) is 11.5 Å². The van der Waals surface area contributed by atoms with Crippen LogP contribution >= 0.6 is 22.9 Å². The van der Waals surface area contributed by atoms with Crippen LogP contribution in [0.3, 0.4) is 0 Å². The second-order valence-corrected chi connectivity index (χ2v) is 5.17. The summed E-state index contributed by atoms with van der Waals surface area (Å²) in [7, 11) is 0. The Bertz CT molecular complexity index is 496. The van der Waals surface area contributed by atoms with Crippen molar-refractivity contribution in [2.75, 3.05) is 6.54 Å². The predicted octanol–water partition coefficient (Wildman–Crippen LogP) is 3.80. The van der Waals surface area contributed by atoms with Crippen molar-refractivity contribution in [2.24, 2.45) is 0 Å². The van der Waals surface area contributed by atoms with Gasteiger partial charge in [0, 0.05) is 9.90 Å². The van der Waals surface area contributed by atoms with E-state index in [1.54, 1.807) is 11.3 Å². The number of nitrogens with zero attached hydrogens (tertiary/aromatic N) is 1. The molecule has 2 nitrogen and oxygen atoms in total. The van der Waals surface area contributed by atoms with Gasteiger partial charge in [0.1, 0.15) is 0 Å². The zero-order chi connectivity index (χ0) is 12.3. The number of hydrogen-bond donors (Lipinski definition) is 1. The summed E-state index contributed by atoms with van der Waals surface area (Å²) in [5.74, 6) is 0. The fourth-order valence-electron chi connectivity index (χ4n) is 1.84. The first kappa shape index (κ1) is 12.6. The van der Waals surface area contributed by atoms with Gasteiger partial charge in [0.2, 0.25) is 0 Å². The molecule has 2 rings (SSSR count). The van der Waals surface area contributed by atoms with Gasteiger partial charge in [0.25, 0.3) is 0 Å². The molecule has 0 aliphatic carbocycles. The number of nitrogens with one attached hydrogen (secondary N) is 1. The second kappa shape index (κ2) is 5.63. The SMILES string of the molecule is CCNC(c1cccc(Cl)c1)c1scnc1C. The molecule has 90 valence electrons. The molecule has 0 amide bonds. The van der Waals surface area contributed by atoms with Crippen LogP contribution < -0.4 is 5.32 Å². The van der Waals surface area contributed by atoms with Crippen molar-refractivity contribution in [3.63, 3.8) is 0 Å². The van der Waals surface area contributed by atoms with Crippen LogP contribution in [-0.2, 0) is 0 Å². The zero-order valence-corrected chi connectivity index (χ0v) is 11.5. The quantitative estimate of drug-likeness (QED) is 0.910. The molecule has 1 N–H and O–H groups in total. The maximum absolute atomic E-state index is 6.05. The van der Waals surface area contributed by atoms with Crippen molar-refractivity contribution in [3.05, 3.63) is 50.9 Å². The number of thiazole rings is 1. The Morgan fingerprint density at radius 3 is 2.88 bits per heavy atom. The summed E-state index contributed by atoms with van der Waals surface area (Å²) < 4.78 is 0. The van der Waals surface area contributed by atoms with Crippen molar-refractivity contribution in [1.82, 2.24) is 10.3 Å². The Morgan fingerprint density at radius 1 is 1.47 bits per heavy atom. The summed E-state index contributed by atoms with van der Waals surface area (Å²) in [5, 5.41) is 4.25. The van der Waals surface area contributed by atoms with Crippen LogP contribution in [0.1, 0.15) is 29.1 Å². The monoisotopic (exact) mass is 266 g/mol. The lowest BCUT2D eigenvalue weighted by molar-refractivity contribution is 0.635. The maximum atomic E-state index is 6.05. The van der Waals surface area contributed by atoms with Crippen LogP contribution in [0.5, 0.6) is 0 Å². The minimum absolute atomic E-state index is 0.186. The summed E-state index contributed by atoms with van der Waals surface area (Å²) >= 11 is 7.73. The Kier molecular flexibility index (Phi) is 4.15. The number of aromatic nitrogens is 1. The third-order valence-corrected chi connectivity index (χ3v) is 3.87. The van der Waals surface area contributed by atoms with E-state index in [9.17, 15) is 0 Å². The molecule has 1 heterocycles. The van der Waals surface area contributed by atoms with Crippen molar-refractivity contribution in [1.29, 1.82) is 0 Å². The van der Waals surface area contributed by atoms with Gasteiger partial charge >= 0.3 is 0 Å². The molecule has 0 saturated heterocycles. The van der Waals surface area contributed by atoms with Crippen LogP contribution in [0, 0.1) is 6.92 Å². The molecule has 0 bridgehead atoms. The van der Waals surface area contributed by atoms with Gasteiger partial charge in [-0.15, -0.1) is 11.3 Å². The molecule has 4 heteroatoms. The van der Waals surface area contributed by atoms with Gasteiger partial charge in [-0.2, -0.15) is 0 Å². The molecule has 0 spiro atoms. The van der Waals surface area contributed by atoms with E-state index in [0.29, 0.717) is 0 Å². The summed E-state index contributed by atoms with van der Waals surface area (Å²) in [6.07, 6.45) is 0. The van der Waals surface area contributed by atoms with Crippen molar-refractivity contribution < 1.29 is 0 Å². The predicted molar refractivity (Wildman–Crippen MR) is 73.8 cm³/mol. The normalized spacial score (nSPS) is 12.6. The topological polar surface area (TPSA) is 24.9 Å². The van der Waals surface area contributed by atoms with Gasteiger partial charge in [0.05, 0.1) is 17.2 Å². The number of hydrogen-bond acceptors (Lipinski definition) is 3. The van der Waals surface area contributed by atoms with Gasteiger partial charge in [-0.25, -0.2) is 4.98 Å². The smallest absolute Gasteiger partial charge is 0.0798 e. The molecule has 1 aromatic heterocycles. The van der Waals surface area contributed by atoms with Crippen LogP contribution in [0.15, 0.2) is 29.8 Å². The highest BCUT2D eigenvalue weighted by Gasteiger charge is 2.17. The second-order valence-electron chi connectivity index (χ2n) is 3.85. The van der Waals surface area contributed by atoms with Gasteiger partial charge in [-0.3, -0.25) is 0 Å². The first-order valence-electron chi connectivity index (χ1n) is 5.61. The van der Waals surface area contributed by atoms with E-state index in [0.717, 1.165) is 17.3 Å². The largest absolute Gasteiger partial charge is 0.306 e. The Labute approximate surface area is 111 Å². The number of halogens is 1. The molecule has 2 aromatic rings. The van der Waals surface area contributed by atoms with Gasteiger partial charge in [-0.05, 0) is 31.2 Å². The van der Waals surface area contributed by atoms with Gasteiger partial charge in [-0.1, -0.05) is 30.7 Å². The fraction of sp³-hybridized carbons (Fsp3) is 0.308. The van der Waals surface area contributed by atoms with Gasteiger partial charge in [0.15, 0.2) is 0 Å². The third-order valence-electron chi connectivity index (χ3n) is 2.64. The first-order chi connectivity index (χ1) is 8.22. The van der Waals surface area contributed by atoms with Crippen molar-refractivity contribution in [3.8, 4) is 0 Å². The molecule has 0 aliphatic heterocycles. The first-order valence-corrected chi connectivity index (χ1v) is 6.87. The van der Waals surface area contributed by atoms with E-state index < -0.39 is 0 Å². The van der Waals surface area contributed by atoms with Crippen molar-refractivity contribution in [2.45, 2.75) is 19.9 Å². The summed E-state index contributed by atoms with van der Waals surface area (Å²) in [5.41, 5.74) is 4.16. The lowest BCUT2D eigenvalue weighted by Crippen LogP contribution is -2.21. The molecule has 0 radical (unpaired) electrons. The Hall–Kier alpha value is -0.900. The Balaban J connectivity index is 2.39. The number of aryl methyl sites for hydroxylation is 1. The molecule has 0 saturated carbocycles. The van der Waals surface area contributed by atoms with E-state index in [-0.39, 0.29) is 6.04 Å². The average Bonchev–Trinajstić information content (AvgIpc) is 2.72. The van der Waals surface area contributed by atoms with E-state index in [4.69, 9.17) is 11.6 Å². The number of rotatable bonds is 4. The van der Waals surface area contributed by atoms with E-state index >= 15 is 0 Å². The zero-order valence-electron chi connectivity index (χ0n) is 9.90. The number of benzene rings is 1. The molecule has 1 aromatic carbocycles. The highest BCUT2D eigenvalue weighted by atomic mass is 35.5. The maximum Gasteiger partial charge on any atom is 0.0798 e. The lowest BCUT2D eigenvalue weighted by Gasteiger charge is -2.17. The highest BCUT2D eigenvalue weighted by Crippen LogP contribution is 2.29. The van der Waals surface area contributed by atoms with E-state index in [2.05, 4.69) is 23.3 Å². The molecule has 1 unspecified atom stereocenters. The molecule has 0 aliphatic rings. The lowest BCUT2D eigenvalue weighted by atomic mass is 10.0. The van der Waals surface area contributed by atoms with Gasteiger partial charge < -0.3 is 5.32 Å². The highest BCUT2D eigenvalue weighted by molar-refractivity contribution is 7.09. The molecule has 1 atom stereocenters. The fourth-order valence-corrected chi connectivity index (χ4v) is 2.94. The third kappa shape index (κ3) is 2.86. The molecular formula is C13H15ClN2S. The molecular weight excluding hydrogens is 252 g/mol.